The number of carbonyl (C=O) groups excluding carboxylic acids is 1. The maximum atomic E-state index is 10.8. The molecule has 1 aromatic rings. The van der Waals surface area contributed by atoms with Crippen molar-refractivity contribution in [3.8, 4) is 0 Å². The third kappa shape index (κ3) is 3.08. The van der Waals surface area contributed by atoms with Gasteiger partial charge in [-0.2, -0.15) is 0 Å². The van der Waals surface area contributed by atoms with Crippen molar-refractivity contribution in [2.24, 2.45) is 0 Å². The summed E-state index contributed by atoms with van der Waals surface area (Å²) in [7, 11) is 1.28. The van der Waals surface area contributed by atoms with Gasteiger partial charge in [0, 0.05) is 17.2 Å². The standard InChI is InChI=1S/C10H8ClN2O2/c1-15-10(14)5-2-7-6-8(11)3-4-9(7)13-12/h2-6H,1H3/q+1. The van der Waals surface area contributed by atoms with Crippen molar-refractivity contribution in [2.45, 2.75) is 0 Å². The average Bonchev–Trinajstić information content (AvgIpc) is 2.26. The van der Waals surface area contributed by atoms with Crippen LogP contribution in [-0.4, -0.2) is 13.1 Å². The molecule has 1 rings (SSSR count). The molecule has 4 nitrogen and oxygen atoms in total. The van der Waals surface area contributed by atoms with Crippen molar-refractivity contribution in [1.82, 2.24) is 0 Å². The van der Waals surface area contributed by atoms with Crippen LogP contribution in [-0.2, 0) is 9.53 Å². The van der Waals surface area contributed by atoms with Crippen LogP contribution < -0.4 is 0 Å². The van der Waals surface area contributed by atoms with E-state index >= 15 is 0 Å². The van der Waals surface area contributed by atoms with Crippen molar-refractivity contribution in [2.75, 3.05) is 7.11 Å². The van der Waals surface area contributed by atoms with E-state index in [1.54, 1.807) is 18.2 Å². The molecule has 0 saturated carbocycles. The minimum absolute atomic E-state index is 0.333. The minimum atomic E-state index is -0.487. The molecule has 0 aliphatic carbocycles. The van der Waals surface area contributed by atoms with Crippen LogP contribution in [0.3, 0.4) is 0 Å². The smallest absolute Gasteiger partial charge is 0.392 e. The predicted octanol–water partition coefficient (Wildman–Crippen LogP) is 3.01. The molecule has 0 fully saturated rings. The molecule has 15 heavy (non-hydrogen) atoms. The van der Waals surface area contributed by atoms with E-state index in [1.807, 2.05) is 0 Å². The maximum absolute atomic E-state index is 10.8. The second-order valence-electron chi connectivity index (χ2n) is 2.66. The summed E-state index contributed by atoms with van der Waals surface area (Å²) in [6.45, 7) is 0. The van der Waals surface area contributed by atoms with E-state index in [4.69, 9.17) is 17.0 Å². The van der Waals surface area contributed by atoms with Gasteiger partial charge in [0.05, 0.1) is 12.7 Å². The lowest BCUT2D eigenvalue weighted by Crippen LogP contribution is -1.93. The Morgan fingerprint density at radius 3 is 2.93 bits per heavy atom. The van der Waals surface area contributed by atoms with Crippen LogP contribution in [0, 0.1) is 5.39 Å². The molecule has 1 aromatic carbocycles. The lowest BCUT2D eigenvalue weighted by atomic mass is 10.1. The zero-order valence-corrected chi connectivity index (χ0v) is 8.73. The number of hydrogen-bond acceptors (Lipinski definition) is 3. The third-order valence-electron chi connectivity index (χ3n) is 1.70. The monoisotopic (exact) mass is 223 g/mol. The zero-order chi connectivity index (χ0) is 11.3. The number of hydrogen-bond donors (Lipinski definition) is 0. The van der Waals surface area contributed by atoms with Gasteiger partial charge in [-0.15, -0.1) is 0 Å². The molecule has 0 aromatic heterocycles. The number of methoxy groups -OCH3 is 1. The third-order valence-corrected chi connectivity index (χ3v) is 1.93. The Labute approximate surface area is 91.7 Å². The zero-order valence-electron chi connectivity index (χ0n) is 7.98. The first-order valence-electron chi connectivity index (χ1n) is 4.08. The number of halogens is 1. The summed E-state index contributed by atoms with van der Waals surface area (Å²) in [5, 5.41) is 9.16. The molecule has 0 aliphatic rings. The second-order valence-corrected chi connectivity index (χ2v) is 3.10. The maximum Gasteiger partial charge on any atom is 0.392 e. The lowest BCUT2D eigenvalue weighted by molar-refractivity contribution is -0.134. The van der Waals surface area contributed by atoms with Gasteiger partial charge in [0.15, 0.2) is 4.98 Å². The number of nitrogens with zero attached hydrogens (tertiary/aromatic N) is 2. The summed E-state index contributed by atoms with van der Waals surface area (Å²) >= 11 is 5.75. The molecule has 5 heteroatoms. The molecule has 0 radical (unpaired) electrons. The van der Waals surface area contributed by atoms with E-state index in [-0.39, 0.29) is 0 Å². The summed E-state index contributed by atoms with van der Waals surface area (Å²) < 4.78 is 4.42. The number of benzene rings is 1. The van der Waals surface area contributed by atoms with Crippen molar-refractivity contribution in [3.05, 3.63) is 39.8 Å². The fourth-order valence-electron chi connectivity index (χ4n) is 0.976. The van der Waals surface area contributed by atoms with Crippen LogP contribution >= 0.6 is 11.6 Å². The van der Waals surface area contributed by atoms with Gasteiger partial charge in [-0.25, -0.2) is 4.79 Å². The van der Waals surface area contributed by atoms with Gasteiger partial charge in [0.1, 0.15) is 0 Å². The van der Waals surface area contributed by atoms with E-state index < -0.39 is 5.97 Å². The molecule has 76 valence electrons. The number of esters is 1. The van der Waals surface area contributed by atoms with Crippen molar-refractivity contribution in [3.63, 3.8) is 0 Å². The Kier molecular flexibility index (Phi) is 3.83. The molecule has 0 unspecified atom stereocenters. The highest BCUT2D eigenvalue weighted by Crippen LogP contribution is 2.24. The van der Waals surface area contributed by atoms with Crippen LogP contribution in [0.5, 0.6) is 0 Å². The Bertz CT molecular complexity index is 449. The highest BCUT2D eigenvalue weighted by atomic mass is 35.5. The normalized spacial score (nSPS) is 9.93. The SMILES string of the molecule is COC(=O)C=Cc1cc(Cl)ccc1[N+]#N. The van der Waals surface area contributed by atoms with E-state index in [9.17, 15) is 4.79 Å². The summed E-state index contributed by atoms with van der Waals surface area (Å²) in [5.74, 6) is -0.487. The van der Waals surface area contributed by atoms with Crippen LogP contribution in [0.2, 0.25) is 5.02 Å². The first-order valence-corrected chi connectivity index (χ1v) is 4.46. The van der Waals surface area contributed by atoms with Gasteiger partial charge in [-0.3, -0.25) is 0 Å². The summed E-state index contributed by atoms with van der Waals surface area (Å²) in [6, 6.07) is 4.71. The second kappa shape index (κ2) is 5.13. The first-order chi connectivity index (χ1) is 7.17. The molecular weight excluding hydrogens is 216 g/mol. The van der Waals surface area contributed by atoms with Crippen LogP contribution in [0.1, 0.15) is 5.56 Å². The van der Waals surface area contributed by atoms with Crippen LogP contribution in [0.4, 0.5) is 5.69 Å². The average molecular weight is 224 g/mol. The van der Waals surface area contributed by atoms with Crippen molar-refractivity contribution in [1.29, 1.82) is 5.39 Å². The quantitative estimate of drug-likeness (QED) is 0.440. The number of rotatable bonds is 2. The van der Waals surface area contributed by atoms with Crippen molar-refractivity contribution >= 4 is 29.3 Å². The summed E-state index contributed by atoms with van der Waals surface area (Å²) in [4.78, 5) is 13.9. The number of diazo groups is 1. The van der Waals surface area contributed by atoms with Crippen LogP contribution in [0.25, 0.3) is 11.1 Å². The Morgan fingerprint density at radius 2 is 2.33 bits per heavy atom. The summed E-state index contributed by atoms with van der Waals surface area (Å²) in [5.41, 5.74) is 0.870. The Morgan fingerprint density at radius 1 is 1.60 bits per heavy atom. The number of carbonyl (C=O) groups is 1. The summed E-state index contributed by atoms with van der Waals surface area (Å²) in [6.07, 6.45) is 2.69. The molecule has 0 bridgehead atoms. The fourth-order valence-corrected chi connectivity index (χ4v) is 1.16. The first kappa shape index (κ1) is 11.2. The largest absolute Gasteiger partial charge is 0.466 e. The predicted molar refractivity (Wildman–Crippen MR) is 57.2 cm³/mol. The van der Waals surface area contributed by atoms with E-state index in [1.165, 1.54) is 19.3 Å². The van der Waals surface area contributed by atoms with Gasteiger partial charge in [0.25, 0.3) is 0 Å². The Hall–Kier alpha value is -1.86. The molecule has 0 heterocycles. The van der Waals surface area contributed by atoms with Crippen LogP contribution in [0.15, 0.2) is 24.3 Å². The highest BCUT2D eigenvalue weighted by molar-refractivity contribution is 6.30. The van der Waals surface area contributed by atoms with Gasteiger partial charge >= 0.3 is 11.7 Å². The topological polar surface area (TPSA) is 54.5 Å². The van der Waals surface area contributed by atoms with E-state index in [0.29, 0.717) is 16.3 Å². The number of ether oxygens (including phenoxy) is 1. The fraction of sp³-hybridized carbons (Fsp3) is 0.100. The molecule has 0 spiro atoms. The minimum Gasteiger partial charge on any atom is -0.466 e. The molecule has 0 aliphatic heterocycles. The van der Waals surface area contributed by atoms with Gasteiger partial charge in [0.2, 0.25) is 5.39 Å². The van der Waals surface area contributed by atoms with Gasteiger partial charge in [-0.05, 0) is 18.2 Å². The highest BCUT2D eigenvalue weighted by Gasteiger charge is 2.11. The molecule has 0 saturated heterocycles. The molecule has 0 amide bonds. The molecule has 0 N–H and O–H groups in total. The Balaban J connectivity index is 3.03. The van der Waals surface area contributed by atoms with Crippen molar-refractivity contribution < 1.29 is 9.53 Å². The van der Waals surface area contributed by atoms with E-state index in [2.05, 4.69) is 9.71 Å². The molecule has 0 atom stereocenters. The lowest BCUT2D eigenvalue weighted by Gasteiger charge is -1.91. The van der Waals surface area contributed by atoms with E-state index in [0.717, 1.165) is 0 Å². The molecular formula is C10H8ClN2O2+. The van der Waals surface area contributed by atoms with Gasteiger partial charge < -0.3 is 4.74 Å². The van der Waals surface area contributed by atoms with Gasteiger partial charge in [-0.1, -0.05) is 11.6 Å².